The predicted octanol–water partition coefficient (Wildman–Crippen LogP) is 3.01. The van der Waals surface area contributed by atoms with Crippen LogP contribution in [0.15, 0.2) is 52.6 Å². The van der Waals surface area contributed by atoms with Gasteiger partial charge < -0.3 is 0 Å². The number of nitrogens with zero attached hydrogens (tertiary/aromatic N) is 2. The smallest absolute Gasteiger partial charge is 0.0643 e. The molecule has 0 saturated carbocycles. The number of benzene rings is 1. The Morgan fingerprint density at radius 1 is 1.20 bits per heavy atom. The summed E-state index contributed by atoms with van der Waals surface area (Å²) in [5.74, 6) is 0. The zero-order valence-electron chi connectivity index (χ0n) is 8.63. The van der Waals surface area contributed by atoms with Crippen molar-refractivity contribution in [3.05, 3.63) is 48.2 Å². The first kappa shape index (κ1) is 9.84. The lowest BCUT2D eigenvalue weighted by molar-refractivity contribution is 1.04. The Labute approximate surface area is 90.1 Å². The van der Waals surface area contributed by atoms with Crippen molar-refractivity contribution in [2.75, 3.05) is 0 Å². The number of rotatable bonds is 2. The molecule has 0 bridgehead atoms. The SMILES string of the molecule is C1=CC(=NCc2ccccc2)CCC=N1. The molecule has 2 heteroatoms. The second-order valence-electron chi connectivity index (χ2n) is 3.48. The second-order valence-corrected chi connectivity index (χ2v) is 3.48. The van der Waals surface area contributed by atoms with Gasteiger partial charge in [0.2, 0.25) is 0 Å². The molecule has 0 N–H and O–H groups in total. The molecule has 0 aliphatic carbocycles. The van der Waals surface area contributed by atoms with Crippen LogP contribution in [0, 0.1) is 0 Å². The number of hydrogen-bond donors (Lipinski definition) is 0. The van der Waals surface area contributed by atoms with Crippen LogP contribution in [0.3, 0.4) is 0 Å². The standard InChI is InChI=1S/C13H14N2/c1-2-5-12(6-3-1)11-15-13-7-4-9-14-10-8-13/h1-3,5-6,8-10H,4,7,11H2. The van der Waals surface area contributed by atoms with E-state index in [2.05, 4.69) is 22.1 Å². The maximum absolute atomic E-state index is 4.56. The van der Waals surface area contributed by atoms with Gasteiger partial charge in [0.1, 0.15) is 0 Å². The van der Waals surface area contributed by atoms with Crippen molar-refractivity contribution in [2.24, 2.45) is 9.98 Å². The van der Waals surface area contributed by atoms with Crippen molar-refractivity contribution in [1.82, 2.24) is 0 Å². The highest BCUT2D eigenvalue weighted by Gasteiger charge is 1.96. The van der Waals surface area contributed by atoms with Crippen LogP contribution < -0.4 is 0 Å². The summed E-state index contributed by atoms with van der Waals surface area (Å²) in [5, 5.41) is 0. The van der Waals surface area contributed by atoms with Gasteiger partial charge in [0, 0.05) is 18.1 Å². The minimum absolute atomic E-state index is 0.764. The van der Waals surface area contributed by atoms with Crippen molar-refractivity contribution >= 4 is 11.9 Å². The van der Waals surface area contributed by atoms with E-state index in [-0.39, 0.29) is 0 Å². The van der Waals surface area contributed by atoms with Gasteiger partial charge in [0.25, 0.3) is 0 Å². The van der Waals surface area contributed by atoms with Gasteiger partial charge in [-0.25, -0.2) is 0 Å². The first-order valence-electron chi connectivity index (χ1n) is 5.20. The minimum atomic E-state index is 0.764. The van der Waals surface area contributed by atoms with Gasteiger partial charge in [-0.2, -0.15) is 0 Å². The van der Waals surface area contributed by atoms with Crippen LogP contribution in [0.25, 0.3) is 0 Å². The predicted molar refractivity (Wildman–Crippen MR) is 64.4 cm³/mol. The van der Waals surface area contributed by atoms with Gasteiger partial charge >= 0.3 is 0 Å². The summed E-state index contributed by atoms with van der Waals surface area (Å²) in [6.07, 6.45) is 7.72. The van der Waals surface area contributed by atoms with Gasteiger partial charge in [0.15, 0.2) is 0 Å². The van der Waals surface area contributed by atoms with E-state index >= 15 is 0 Å². The fraction of sp³-hybridized carbons (Fsp3) is 0.231. The minimum Gasteiger partial charge on any atom is -0.285 e. The molecule has 1 aliphatic heterocycles. The fourth-order valence-corrected chi connectivity index (χ4v) is 1.47. The number of aliphatic imine (C=N–C) groups is 2. The average Bonchev–Trinajstić information content (AvgIpc) is 2.56. The summed E-state index contributed by atoms with van der Waals surface area (Å²) >= 11 is 0. The molecule has 0 saturated heterocycles. The van der Waals surface area contributed by atoms with E-state index in [1.807, 2.05) is 36.7 Å². The molecular weight excluding hydrogens is 184 g/mol. The van der Waals surface area contributed by atoms with Crippen LogP contribution in [-0.4, -0.2) is 11.9 Å². The Morgan fingerprint density at radius 2 is 2.07 bits per heavy atom. The summed E-state index contributed by atoms with van der Waals surface area (Å²) < 4.78 is 0. The van der Waals surface area contributed by atoms with Crippen LogP contribution in [-0.2, 0) is 6.54 Å². The molecule has 1 aromatic carbocycles. The third-order valence-corrected chi connectivity index (χ3v) is 2.30. The van der Waals surface area contributed by atoms with E-state index < -0.39 is 0 Å². The molecule has 1 heterocycles. The van der Waals surface area contributed by atoms with Crippen molar-refractivity contribution in [2.45, 2.75) is 19.4 Å². The van der Waals surface area contributed by atoms with Crippen molar-refractivity contribution in [1.29, 1.82) is 0 Å². The molecule has 0 unspecified atom stereocenters. The second kappa shape index (κ2) is 5.25. The van der Waals surface area contributed by atoms with Crippen LogP contribution in [0.5, 0.6) is 0 Å². The van der Waals surface area contributed by atoms with Gasteiger partial charge in [-0.3, -0.25) is 9.98 Å². The zero-order valence-corrected chi connectivity index (χ0v) is 8.63. The molecule has 0 atom stereocenters. The molecule has 2 rings (SSSR count). The molecular formula is C13H14N2. The van der Waals surface area contributed by atoms with Crippen molar-refractivity contribution in [3.63, 3.8) is 0 Å². The highest BCUT2D eigenvalue weighted by molar-refractivity contribution is 5.96. The van der Waals surface area contributed by atoms with E-state index in [1.54, 1.807) is 0 Å². The molecule has 76 valence electrons. The highest BCUT2D eigenvalue weighted by atomic mass is 14.7. The quantitative estimate of drug-likeness (QED) is 0.698. The summed E-state index contributed by atoms with van der Waals surface area (Å²) in [4.78, 5) is 8.65. The van der Waals surface area contributed by atoms with E-state index in [0.29, 0.717) is 0 Å². The van der Waals surface area contributed by atoms with Gasteiger partial charge in [-0.15, -0.1) is 0 Å². The molecule has 0 amide bonds. The Bertz CT molecular complexity index is 388. The normalized spacial score (nSPS) is 18.0. The van der Waals surface area contributed by atoms with Crippen LogP contribution in [0.1, 0.15) is 18.4 Å². The lowest BCUT2D eigenvalue weighted by Crippen LogP contribution is -1.94. The average molecular weight is 198 g/mol. The number of hydrogen-bond acceptors (Lipinski definition) is 2. The molecule has 1 aliphatic rings. The van der Waals surface area contributed by atoms with E-state index in [9.17, 15) is 0 Å². The van der Waals surface area contributed by atoms with Crippen LogP contribution in [0.4, 0.5) is 0 Å². The van der Waals surface area contributed by atoms with Crippen LogP contribution in [0.2, 0.25) is 0 Å². The first-order chi connectivity index (χ1) is 7.45. The van der Waals surface area contributed by atoms with Gasteiger partial charge in [-0.1, -0.05) is 30.3 Å². The Morgan fingerprint density at radius 3 is 2.93 bits per heavy atom. The van der Waals surface area contributed by atoms with E-state index in [1.165, 1.54) is 5.56 Å². The molecule has 15 heavy (non-hydrogen) atoms. The monoisotopic (exact) mass is 198 g/mol. The maximum atomic E-state index is 4.56. The number of allylic oxidation sites excluding steroid dienone is 1. The molecule has 2 nitrogen and oxygen atoms in total. The molecule has 0 radical (unpaired) electrons. The fourth-order valence-electron chi connectivity index (χ4n) is 1.47. The topological polar surface area (TPSA) is 24.7 Å². The molecule has 0 spiro atoms. The molecule has 1 aromatic rings. The van der Waals surface area contributed by atoms with E-state index in [0.717, 1.165) is 25.1 Å². The maximum Gasteiger partial charge on any atom is 0.0643 e. The van der Waals surface area contributed by atoms with E-state index in [4.69, 9.17) is 0 Å². The summed E-state index contributed by atoms with van der Waals surface area (Å²) in [6, 6.07) is 10.3. The Kier molecular flexibility index (Phi) is 3.44. The molecule has 0 aromatic heterocycles. The first-order valence-corrected chi connectivity index (χ1v) is 5.20. The summed E-state index contributed by atoms with van der Waals surface area (Å²) in [5.41, 5.74) is 2.39. The highest BCUT2D eigenvalue weighted by Crippen LogP contribution is 2.04. The third kappa shape index (κ3) is 3.17. The van der Waals surface area contributed by atoms with Crippen LogP contribution >= 0.6 is 0 Å². The zero-order chi connectivity index (χ0) is 10.3. The third-order valence-electron chi connectivity index (χ3n) is 2.30. The van der Waals surface area contributed by atoms with Gasteiger partial charge in [0.05, 0.1) is 6.54 Å². The lowest BCUT2D eigenvalue weighted by atomic mass is 10.2. The Hall–Kier alpha value is -1.70. The molecule has 0 fully saturated rings. The van der Waals surface area contributed by atoms with Crippen molar-refractivity contribution < 1.29 is 0 Å². The Balaban J connectivity index is 1.99. The van der Waals surface area contributed by atoms with Gasteiger partial charge in [-0.05, 0) is 24.5 Å². The largest absolute Gasteiger partial charge is 0.285 e. The lowest BCUT2D eigenvalue weighted by Gasteiger charge is -1.98. The summed E-state index contributed by atoms with van der Waals surface area (Å²) in [6.45, 7) is 0.764. The summed E-state index contributed by atoms with van der Waals surface area (Å²) in [7, 11) is 0. The van der Waals surface area contributed by atoms with Crippen molar-refractivity contribution in [3.8, 4) is 0 Å².